The van der Waals surface area contributed by atoms with Gasteiger partial charge in [0, 0.05) is 6.92 Å². The number of hydrogen-bond donors (Lipinski definition) is 1. The van der Waals surface area contributed by atoms with Gasteiger partial charge in [0.25, 0.3) is 5.97 Å². The van der Waals surface area contributed by atoms with Crippen LogP contribution in [0.25, 0.3) is 0 Å². The van der Waals surface area contributed by atoms with Crippen LogP contribution in [0.5, 0.6) is 0 Å². The number of carbonyl (C=O) groups is 1. The minimum absolute atomic E-state index is 0. The monoisotopic (exact) mass is 154 g/mol. The van der Waals surface area contributed by atoms with Crippen LogP contribution in [-0.4, -0.2) is 11.1 Å². The molecular weight excluding hydrogens is 147 g/mol. The Bertz CT molecular complexity index is 221. The predicted octanol–water partition coefficient (Wildman–Crippen LogP) is -2.56. The van der Waals surface area contributed by atoms with Crippen LogP contribution in [0.4, 0.5) is 0 Å². The molecule has 0 spiro atoms. The maximum absolute atomic E-state index is 9.74. The maximum Gasteiger partial charge on any atom is 1.00 e. The number of aliphatic carboxylic acids is 1. The van der Waals surface area contributed by atoms with Crippen molar-refractivity contribution in [2.24, 2.45) is 0 Å². The van der Waals surface area contributed by atoms with Crippen LogP contribution >= 0.6 is 0 Å². The summed E-state index contributed by atoms with van der Waals surface area (Å²) in [5, 5.41) is 7.42. The van der Waals surface area contributed by atoms with E-state index in [9.17, 15) is 4.79 Å². The third-order valence-corrected chi connectivity index (χ3v) is 0.384. The summed E-state index contributed by atoms with van der Waals surface area (Å²) < 4.78 is 8.22. The van der Waals surface area contributed by atoms with Crippen molar-refractivity contribution in [1.29, 1.82) is 0 Å². The molecule has 0 radical (unpaired) electrons. The molecule has 0 amide bonds. The molecule has 0 aliphatic heterocycles. The summed E-state index contributed by atoms with van der Waals surface area (Å²) in [5.74, 6) is -1.49. The normalized spacial score (nSPS) is 7.00. The van der Waals surface area contributed by atoms with Crippen LogP contribution in [0, 0.1) is 0 Å². The number of rotatable bonds is 0. The van der Waals surface area contributed by atoms with Crippen molar-refractivity contribution in [3.63, 3.8) is 0 Å². The van der Waals surface area contributed by atoms with Crippen LogP contribution in [0.2, 0.25) is 0 Å². The number of carboxylic acid groups (broad SMARTS) is 1. The van der Waals surface area contributed by atoms with Crippen molar-refractivity contribution in [2.75, 3.05) is 0 Å². The molecule has 0 saturated heterocycles. The van der Waals surface area contributed by atoms with Crippen LogP contribution in [0.1, 0.15) is 8.35 Å². The van der Waals surface area contributed by atoms with Crippen molar-refractivity contribution in [1.82, 2.24) is 0 Å². The third kappa shape index (κ3) is 12.3. The minimum atomic E-state index is -0.833. The Morgan fingerprint density at radius 3 is 1.91 bits per heavy atom. The van der Waals surface area contributed by atoms with Crippen LogP contribution in [-0.2, 0) is 4.79 Å². The van der Waals surface area contributed by atoms with Crippen molar-refractivity contribution >= 4 is 5.97 Å². The molecule has 5 nitrogen and oxygen atoms in total. The van der Waals surface area contributed by atoms with Gasteiger partial charge in [0.05, 0.1) is 0 Å². The first-order valence-electron chi connectivity index (χ1n) is 2.34. The summed E-state index contributed by atoms with van der Waals surface area (Å²) in [5.41, 5.74) is 0. The van der Waals surface area contributed by atoms with Crippen LogP contribution in [0.3, 0.4) is 0 Å². The third-order valence-electron chi connectivity index (χ3n) is 0.384. The molecular formula is C5H7LiO5. The van der Waals surface area contributed by atoms with Gasteiger partial charge in [-0.1, -0.05) is 0 Å². The zero-order valence-corrected chi connectivity index (χ0v) is 6.23. The molecule has 6 heteroatoms. The molecule has 1 aromatic rings. The zero-order chi connectivity index (χ0) is 7.98. The van der Waals surface area contributed by atoms with E-state index in [-0.39, 0.29) is 20.3 Å². The van der Waals surface area contributed by atoms with Gasteiger partial charge < -0.3 is 15.4 Å². The van der Waals surface area contributed by atoms with E-state index in [1.807, 2.05) is 0 Å². The summed E-state index contributed by atoms with van der Waals surface area (Å²) in [4.78, 5) is 18.7. The smallest absolute Gasteiger partial charge is 1.00 e. The topological polar surface area (TPSA) is 80.6 Å². The Hall–Kier alpha value is -0.923. The van der Waals surface area contributed by atoms with Gasteiger partial charge in [0.2, 0.25) is 0 Å². The van der Waals surface area contributed by atoms with Crippen LogP contribution in [0.15, 0.2) is 26.2 Å². The first-order chi connectivity index (χ1) is 4.63. The molecule has 11 heavy (non-hydrogen) atoms. The average molecular weight is 154 g/mol. The fourth-order valence-electron chi connectivity index (χ4n) is 0.194. The minimum Gasteiger partial charge on any atom is -1.00 e. The molecule has 0 atom stereocenters. The molecule has 0 saturated carbocycles. The fraction of sp³-hybridized carbons (Fsp3) is 0.200. The quantitative estimate of drug-likeness (QED) is 0.416. The van der Waals surface area contributed by atoms with E-state index in [1.54, 1.807) is 0 Å². The number of carboxylic acids is 1. The van der Waals surface area contributed by atoms with Crippen LogP contribution < -0.4 is 24.7 Å². The zero-order valence-electron chi connectivity index (χ0n) is 7.23. The van der Waals surface area contributed by atoms with Crippen molar-refractivity contribution in [3.05, 3.63) is 23.1 Å². The summed E-state index contributed by atoms with van der Waals surface area (Å²) in [7, 11) is 0. The molecule has 0 aliphatic carbocycles. The van der Waals surface area contributed by atoms with E-state index in [1.165, 1.54) is 12.5 Å². The summed E-state index contributed by atoms with van der Waals surface area (Å²) >= 11 is 0. The van der Waals surface area contributed by atoms with Gasteiger partial charge in [-0.15, -0.1) is 0 Å². The molecule has 0 aliphatic rings. The van der Waals surface area contributed by atoms with Gasteiger partial charge in [0.1, 0.15) is 12.5 Å². The Balaban J connectivity index is -0.000000124. The first-order valence-corrected chi connectivity index (χ1v) is 2.34. The second-order valence-electron chi connectivity index (χ2n) is 1.28. The molecule has 0 bridgehead atoms. The fourth-order valence-corrected chi connectivity index (χ4v) is 0.194. The van der Waals surface area contributed by atoms with Gasteiger partial charge in [0.15, 0.2) is 0 Å². The van der Waals surface area contributed by atoms with Gasteiger partial charge in [-0.3, -0.25) is 4.79 Å². The van der Waals surface area contributed by atoms with Crippen molar-refractivity contribution in [2.45, 2.75) is 6.92 Å². The molecule has 1 rings (SSSR count). The van der Waals surface area contributed by atoms with Gasteiger partial charge >= 0.3 is 24.7 Å². The van der Waals surface area contributed by atoms with Crippen molar-refractivity contribution < 1.29 is 39.0 Å². The number of hydrogen-bond acceptors (Lipinski definition) is 4. The molecule has 0 fully saturated rings. The Morgan fingerprint density at radius 1 is 1.55 bits per heavy atom. The molecule has 1 aromatic heterocycles. The first kappa shape index (κ1) is 12.7. The van der Waals surface area contributed by atoms with E-state index in [0.29, 0.717) is 0 Å². The van der Waals surface area contributed by atoms with E-state index in [0.717, 1.165) is 6.92 Å². The maximum atomic E-state index is 9.74. The second kappa shape index (κ2) is 7.19. The van der Waals surface area contributed by atoms with Gasteiger partial charge in [-0.2, -0.15) is 0 Å². The van der Waals surface area contributed by atoms with E-state index >= 15 is 0 Å². The predicted molar refractivity (Wildman–Crippen MR) is 31.7 cm³/mol. The summed E-state index contributed by atoms with van der Waals surface area (Å²) in [6, 6.07) is 0. The molecule has 58 valence electrons. The Labute approximate surface area is 75.7 Å². The SMILES string of the molecule is CC(=O)O.O=c1occo1.[H-].[Li+]. The van der Waals surface area contributed by atoms with E-state index in [2.05, 4.69) is 8.83 Å². The summed E-state index contributed by atoms with van der Waals surface area (Å²) in [6.07, 6.45) is 2.37. The summed E-state index contributed by atoms with van der Waals surface area (Å²) in [6.45, 7) is 1.08. The van der Waals surface area contributed by atoms with Crippen molar-refractivity contribution in [3.8, 4) is 0 Å². The largest absolute Gasteiger partial charge is 1.00 e. The Morgan fingerprint density at radius 2 is 1.82 bits per heavy atom. The van der Waals surface area contributed by atoms with E-state index < -0.39 is 11.8 Å². The second-order valence-corrected chi connectivity index (χ2v) is 1.28. The molecule has 0 unspecified atom stereocenters. The average Bonchev–Trinajstić information content (AvgIpc) is 2.15. The Kier molecular flexibility index (Phi) is 8.32. The standard InChI is InChI=1S/C3H2O3.C2H4O2.Li.H/c4-3-5-1-2-6-3;1-2(3)4;;/h1-2H;1H3,(H,3,4);;/q;;+1;-1. The molecule has 1 heterocycles. The molecule has 1 N–H and O–H groups in total. The molecule has 0 aromatic carbocycles. The van der Waals surface area contributed by atoms with E-state index in [4.69, 9.17) is 9.90 Å². The van der Waals surface area contributed by atoms with Gasteiger partial charge in [-0.05, 0) is 0 Å². The van der Waals surface area contributed by atoms with Gasteiger partial charge in [-0.25, -0.2) is 4.79 Å².